The first kappa shape index (κ1) is 19.9. The Morgan fingerprint density at radius 1 is 1.36 bits per heavy atom. The number of alkyl halides is 1. The predicted octanol–water partition coefficient (Wildman–Crippen LogP) is 3.29. The molecule has 1 aromatic heterocycles. The quantitative estimate of drug-likeness (QED) is 0.734. The zero-order chi connectivity index (χ0) is 20.3. The maximum absolute atomic E-state index is 13.9. The lowest BCUT2D eigenvalue weighted by molar-refractivity contribution is -0.117. The molecule has 2 atom stereocenters. The Morgan fingerprint density at radius 2 is 2.04 bits per heavy atom. The van der Waals surface area contributed by atoms with Crippen LogP contribution in [0, 0.1) is 23.1 Å². The van der Waals surface area contributed by atoms with E-state index in [-0.39, 0.29) is 30.4 Å². The van der Waals surface area contributed by atoms with Crippen molar-refractivity contribution in [2.45, 2.75) is 12.6 Å². The molecule has 0 spiro atoms. The Hall–Kier alpha value is -2.86. The first-order valence-electron chi connectivity index (χ1n) is 8.41. The van der Waals surface area contributed by atoms with E-state index in [9.17, 15) is 18.4 Å². The summed E-state index contributed by atoms with van der Waals surface area (Å²) in [6.07, 6.45) is 0.486. The molecule has 2 aromatic rings. The molecule has 6 nitrogen and oxygen atoms in total. The Balaban J connectivity index is 1.71. The van der Waals surface area contributed by atoms with Crippen molar-refractivity contribution in [3.8, 4) is 6.07 Å². The molecule has 2 unspecified atom stereocenters. The second-order valence-corrected chi connectivity index (χ2v) is 7.33. The van der Waals surface area contributed by atoms with E-state index in [0.29, 0.717) is 12.0 Å². The lowest BCUT2D eigenvalue weighted by Crippen LogP contribution is -2.39. The van der Waals surface area contributed by atoms with Gasteiger partial charge in [0.2, 0.25) is 5.91 Å². The monoisotopic (exact) mass is 448 g/mol. The molecule has 1 saturated carbocycles. The van der Waals surface area contributed by atoms with Crippen molar-refractivity contribution in [3.63, 3.8) is 0 Å². The summed E-state index contributed by atoms with van der Waals surface area (Å²) < 4.78 is 28.0. The average molecular weight is 449 g/mol. The number of aromatic nitrogens is 1. The fourth-order valence-electron chi connectivity index (χ4n) is 2.61. The minimum atomic E-state index is -0.985. The van der Waals surface area contributed by atoms with Gasteiger partial charge in [-0.05, 0) is 36.8 Å². The lowest BCUT2D eigenvalue weighted by atomic mass is 10.2. The fraction of sp³-hybridized carbons (Fsp3) is 0.263. The number of rotatable bonds is 6. The molecule has 1 heterocycles. The van der Waals surface area contributed by atoms with E-state index in [1.165, 1.54) is 4.90 Å². The molecule has 1 fully saturated rings. The molecule has 0 bridgehead atoms. The van der Waals surface area contributed by atoms with Crippen LogP contribution in [0.1, 0.15) is 22.3 Å². The molecule has 1 aliphatic carbocycles. The molecule has 0 saturated heterocycles. The van der Waals surface area contributed by atoms with Crippen LogP contribution in [-0.4, -0.2) is 41.0 Å². The summed E-state index contributed by atoms with van der Waals surface area (Å²) in [5.74, 6) is -2.59. The number of hydrogen-bond donors (Lipinski definition) is 1. The van der Waals surface area contributed by atoms with E-state index in [0.717, 1.165) is 16.7 Å². The molecule has 0 radical (unpaired) electrons. The van der Waals surface area contributed by atoms with Gasteiger partial charge in [-0.15, -0.1) is 0 Å². The van der Waals surface area contributed by atoms with E-state index < -0.39 is 23.8 Å². The van der Waals surface area contributed by atoms with Gasteiger partial charge in [-0.1, -0.05) is 15.9 Å². The van der Waals surface area contributed by atoms with Gasteiger partial charge in [0, 0.05) is 28.7 Å². The van der Waals surface area contributed by atoms with E-state index in [1.54, 1.807) is 30.3 Å². The van der Waals surface area contributed by atoms with Gasteiger partial charge < -0.3 is 10.2 Å². The molecule has 1 aromatic carbocycles. The first-order chi connectivity index (χ1) is 13.4. The minimum absolute atomic E-state index is 0.0188. The number of carbonyl (C=O) groups is 2. The van der Waals surface area contributed by atoms with Crippen molar-refractivity contribution < 1.29 is 18.4 Å². The third-order valence-corrected chi connectivity index (χ3v) is 4.76. The van der Waals surface area contributed by atoms with Crippen LogP contribution in [0.25, 0.3) is 0 Å². The Kier molecular flexibility index (Phi) is 5.99. The normalized spacial score (nSPS) is 17.5. The largest absolute Gasteiger partial charge is 0.329 e. The Labute approximate surface area is 168 Å². The van der Waals surface area contributed by atoms with Crippen molar-refractivity contribution in [1.82, 2.24) is 9.88 Å². The Bertz CT molecular complexity index is 946. The van der Waals surface area contributed by atoms with Crippen molar-refractivity contribution in [2.75, 3.05) is 18.4 Å². The number of halogens is 3. The zero-order valence-electron chi connectivity index (χ0n) is 14.5. The maximum atomic E-state index is 13.9. The molecule has 28 heavy (non-hydrogen) atoms. The number of amides is 2. The van der Waals surface area contributed by atoms with E-state index in [1.807, 2.05) is 0 Å². The smallest absolute Gasteiger partial charge is 0.254 e. The number of anilines is 1. The van der Waals surface area contributed by atoms with E-state index >= 15 is 0 Å². The molecule has 0 aliphatic heterocycles. The molecular formula is C19H15BrF2N4O2. The van der Waals surface area contributed by atoms with Gasteiger partial charge in [0.25, 0.3) is 5.91 Å². The number of nitrogens with zero attached hydrogens (tertiary/aromatic N) is 3. The van der Waals surface area contributed by atoms with Gasteiger partial charge in [0.1, 0.15) is 18.8 Å². The summed E-state index contributed by atoms with van der Waals surface area (Å²) in [4.78, 5) is 30.0. The third-order valence-electron chi connectivity index (χ3n) is 4.23. The number of nitriles is 1. The summed E-state index contributed by atoms with van der Waals surface area (Å²) in [6.45, 7) is -0.286. The average Bonchev–Trinajstić information content (AvgIpc) is 3.37. The second-order valence-electron chi connectivity index (χ2n) is 6.42. The summed E-state index contributed by atoms with van der Waals surface area (Å²) in [5.41, 5.74) is 0.375. The third kappa shape index (κ3) is 4.89. The van der Waals surface area contributed by atoms with Crippen LogP contribution < -0.4 is 5.32 Å². The van der Waals surface area contributed by atoms with Crippen LogP contribution in [0.3, 0.4) is 0 Å². The summed E-state index contributed by atoms with van der Waals surface area (Å²) in [7, 11) is 0. The zero-order valence-corrected chi connectivity index (χ0v) is 16.1. The van der Waals surface area contributed by atoms with Gasteiger partial charge in [-0.2, -0.15) is 5.26 Å². The van der Waals surface area contributed by atoms with Crippen molar-refractivity contribution in [3.05, 3.63) is 57.9 Å². The fourth-order valence-corrected chi connectivity index (χ4v) is 2.88. The molecule has 2 amide bonds. The highest BCUT2D eigenvalue weighted by atomic mass is 79.9. The van der Waals surface area contributed by atoms with Gasteiger partial charge in [0.05, 0.1) is 5.56 Å². The van der Waals surface area contributed by atoms with Crippen LogP contribution in [0.4, 0.5) is 14.6 Å². The van der Waals surface area contributed by atoms with E-state index in [4.69, 9.17) is 5.26 Å². The van der Waals surface area contributed by atoms with Crippen LogP contribution >= 0.6 is 15.9 Å². The van der Waals surface area contributed by atoms with Crippen LogP contribution in [0.5, 0.6) is 0 Å². The molecule has 3 rings (SSSR count). The molecule has 144 valence electrons. The van der Waals surface area contributed by atoms with E-state index in [2.05, 4.69) is 26.2 Å². The van der Waals surface area contributed by atoms with Gasteiger partial charge >= 0.3 is 0 Å². The topological polar surface area (TPSA) is 86.1 Å². The van der Waals surface area contributed by atoms with Crippen LogP contribution in [0.15, 0.2) is 41.0 Å². The van der Waals surface area contributed by atoms with Gasteiger partial charge in [-0.3, -0.25) is 9.59 Å². The molecule has 9 heteroatoms. The number of carbonyl (C=O) groups excluding carboxylic acids is 2. The van der Waals surface area contributed by atoms with Crippen molar-refractivity contribution in [1.29, 1.82) is 5.26 Å². The summed E-state index contributed by atoms with van der Waals surface area (Å²) in [5, 5.41) is 11.0. The summed E-state index contributed by atoms with van der Waals surface area (Å²) >= 11 is 3.28. The number of pyridine rings is 1. The predicted molar refractivity (Wildman–Crippen MR) is 101 cm³/mol. The standard InChI is InChI=1S/C19H15BrF2N4O2/c20-14-3-1-12(2-4-14)19(28)26(9-13-6-15(13)21)10-17(27)25-18-16(22)5-11(7-23)8-24-18/h1-5,8,13,15H,6,9-10H2,(H,24,25,27). The molecular weight excluding hydrogens is 434 g/mol. The minimum Gasteiger partial charge on any atom is -0.329 e. The van der Waals surface area contributed by atoms with Crippen molar-refractivity contribution >= 4 is 33.6 Å². The lowest BCUT2D eigenvalue weighted by Gasteiger charge is -2.22. The SMILES string of the molecule is N#Cc1cnc(NC(=O)CN(CC2CC2F)C(=O)c2ccc(Br)cc2)c(F)c1. The first-order valence-corrected chi connectivity index (χ1v) is 9.21. The number of hydrogen-bond acceptors (Lipinski definition) is 4. The highest BCUT2D eigenvalue weighted by molar-refractivity contribution is 9.10. The highest BCUT2D eigenvalue weighted by Gasteiger charge is 2.40. The molecule has 1 N–H and O–H groups in total. The molecule has 1 aliphatic rings. The second kappa shape index (κ2) is 8.44. The van der Waals surface area contributed by atoms with Crippen LogP contribution in [-0.2, 0) is 4.79 Å². The highest BCUT2D eigenvalue weighted by Crippen LogP contribution is 2.34. The van der Waals surface area contributed by atoms with Crippen LogP contribution in [0.2, 0.25) is 0 Å². The number of benzene rings is 1. The maximum Gasteiger partial charge on any atom is 0.254 e. The van der Waals surface area contributed by atoms with Gasteiger partial charge in [0.15, 0.2) is 11.6 Å². The van der Waals surface area contributed by atoms with Gasteiger partial charge in [-0.25, -0.2) is 13.8 Å². The number of nitrogens with one attached hydrogen (secondary N) is 1. The Morgan fingerprint density at radius 3 is 2.61 bits per heavy atom. The van der Waals surface area contributed by atoms with Crippen molar-refractivity contribution in [2.24, 2.45) is 5.92 Å². The summed E-state index contributed by atoms with van der Waals surface area (Å²) in [6, 6.07) is 9.27.